The van der Waals surface area contributed by atoms with Crippen molar-refractivity contribution in [3.05, 3.63) is 0 Å². The predicted molar refractivity (Wildman–Crippen MR) is 50.3 cm³/mol. The molecule has 7 heteroatoms. The minimum atomic E-state index is -0.196. The second-order valence-electron chi connectivity index (χ2n) is 2.93. The number of carbonyl (C=O) groups is 1. The van der Waals surface area contributed by atoms with Gasteiger partial charge in [-0.2, -0.15) is 4.80 Å². The molecule has 3 N–H and O–H groups in total. The Kier molecular flexibility index (Phi) is 3.52. The van der Waals surface area contributed by atoms with E-state index in [-0.39, 0.29) is 17.8 Å². The van der Waals surface area contributed by atoms with Gasteiger partial charge in [-0.05, 0) is 11.6 Å². The van der Waals surface area contributed by atoms with Gasteiger partial charge in [0.2, 0.25) is 5.91 Å². The number of amides is 1. The predicted octanol–water partition coefficient (Wildman–Crippen LogP) is -0.866. The first-order chi connectivity index (χ1) is 6.67. The van der Waals surface area contributed by atoms with Crippen LogP contribution in [-0.4, -0.2) is 32.7 Å². The van der Waals surface area contributed by atoms with E-state index < -0.39 is 0 Å². The highest BCUT2D eigenvalue weighted by Gasteiger charge is 2.16. The second kappa shape index (κ2) is 4.66. The summed E-state index contributed by atoms with van der Waals surface area (Å²) in [4.78, 5) is 12.8. The molecule has 0 bridgehead atoms. The number of rotatable bonds is 4. The van der Waals surface area contributed by atoms with E-state index in [0.717, 1.165) is 0 Å². The smallest absolute Gasteiger partial charge is 0.270 e. The summed E-state index contributed by atoms with van der Waals surface area (Å²) in [6.45, 7) is 2.23. The molecule has 1 atom stereocenters. The molecule has 1 unspecified atom stereocenters. The van der Waals surface area contributed by atoms with E-state index in [9.17, 15) is 4.79 Å². The van der Waals surface area contributed by atoms with E-state index in [1.165, 1.54) is 4.80 Å². The number of nitrogens with one attached hydrogen (secondary N) is 1. The minimum Gasteiger partial charge on any atom is -0.330 e. The Balaban J connectivity index is 2.56. The largest absolute Gasteiger partial charge is 0.330 e. The third-order valence-corrected chi connectivity index (χ3v) is 1.89. The molecule has 1 amide bonds. The summed E-state index contributed by atoms with van der Waals surface area (Å²) in [7, 11) is 1.63. The zero-order valence-corrected chi connectivity index (χ0v) is 8.27. The standard InChI is InChI=1S/C7H14N6O/c1-3-5(4-8)6(14)9-7-10-12-13(2)11-7/h5H,3-4,8H2,1-2H3,(H,9,11,14). The summed E-state index contributed by atoms with van der Waals surface area (Å²) < 4.78 is 0. The number of hydrogen-bond donors (Lipinski definition) is 2. The third kappa shape index (κ3) is 2.49. The van der Waals surface area contributed by atoms with Gasteiger partial charge >= 0.3 is 0 Å². The zero-order chi connectivity index (χ0) is 10.6. The fourth-order valence-electron chi connectivity index (χ4n) is 1.01. The summed E-state index contributed by atoms with van der Waals surface area (Å²) >= 11 is 0. The molecule has 1 heterocycles. The second-order valence-corrected chi connectivity index (χ2v) is 2.93. The van der Waals surface area contributed by atoms with E-state index in [2.05, 4.69) is 20.7 Å². The van der Waals surface area contributed by atoms with Crippen molar-refractivity contribution in [1.82, 2.24) is 20.2 Å². The molecule has 0 fully saturated rings. The fourth-order valence-corrected chi connectivity index (χ4v) is 1.01. The molecular formula is C7H14N6O. The SMILES string of the molecule is CCC(CN)C(=O)Nc1nnn(C)n1. The number of nitrogens with two attached hydrogens (primary N) is 1. The van der Waals surface area contributed by atoms with Gasteiger partial charge in [0.15, 0.2) is 0 Å². The van der Waals surface area contributed by atoms with Crippen molar-refractivity contribution in [2.24, 2.45) is 18.7 Å². The summed E-state index contributed by atoms with van der Waals surface area (Å²) in [6.07, 6.45) is 0.697. The monoisotopic (exact) mass is 198 g/mol. The van der Waals surface area contributed by atoms with Gasteiger partial charge in [0.1, 0.15) is 0 Å². The highest BCUT2D eigenvalue weighted by molar-refractivity contribution is 5.90. The number of tetrazole rings is 1. The molecule has 1 rings (SSSR count). The molecule has 0 saturated carbocycles. The molecule has 1 aromatic rings. The van der Waals surface area contributed by atoms with Crippen LogP contribution in [0.4, 0.5) is 5.95 Å². The Morgan fingerprint density at radius 2 is 2.43 bits per heavy atom. The molecule has 0 aliphatic rings. The minimum absolute atomic E-state index is 0.164. The maximum atomic E-state index is 11.5. The van der Waals surface area contributed by atoms with Gasteiger partial charge in [0.05, 0.1) is 13.0 Å². The molecule has 14 heavy (non-hydrogen) atoms. The Hall–Kier alpha value is -1.50. The zero-order valence-electron chi connectivity index (χ0n) is 8.27. The summed E-state index contributed by atoms with van der Waals surface area (Å²) in [5.41, 5.74) is 5.42. The van der Waals surface area contributed by atoms with E-state index in [1.54, 1.807) is 7.05 Å². The number of anilines is 1. The van der Waals surface area contributed by atoms with Crippen LogP contribution >= 0.6 is 0 Å². The van der Waals surface area contributed by atoms with Crippen molar-refractivity contribution in [2.75, 3.05) is 11.9 Å². The lowest BCUT2D eigenvalue weighted by molar-refractivity contribution is -0.119. The number of nitrogens with zero attached hydrogens (tertiary/aromatic N) is 4. The van der Waals surface area contributed by atoms with Crippen LogP contribution in [-0.2, 0) is 11.8 Å². The molecule has 0 aromatic carbocycles. The van der Waals surface area contributed by atoms with Crippen molar-refractivity contribution < 1.29 is 4.79 Å². The molecule has 7 nitrogen and oxygen atoms in total. The lowest BCUT2D eigenvalue weighted by atomic mass is 10.1. The molecule has 78 valence electrons. The molecule has 1 aromatic heterocycles. The number of aromatic nitrogens is 4. The maximum Gasteiger partial charge on any atom is 0.270 e. The normalized spacial score (nSPS) is 12.5. The summed E-state index contributed by atoms with van der Waals surface area (Å²) in [5.74, 6) is -0.147. The van der Waals surface area contributed by atoms with Crippen molar-refractivity contribution in [2.45, 2.75) is 13.3 Å². The summed E-state index contributed by atoms with van der Waals surface area (Å²) in [5, 5.41) is 13.6. The van der Waals surface area contributed by atoms with E-state index >= 15 is 0 Å². The van der Waals surface area contributed by atoms with E-state index in [1.807, 2.05) is 6.92 Å². The van der Waals surface area contributed by atoms with Gasteiger partial charge < -0.3 is 5.73 Å². The van der Waals surface area contributed by atoms with Crippen molar-refractivity contribution in [3.8, 4) is 0 Å². The molecular weight excluding hydrogens is 184 g/mol. The summed E-state index contributed by atoms with van der Waals surface area (Å²) in [6, 6.07) is 0. The number of hydrogen-bond acceptors (Lipinski definition) is 5. The van der Waals surface area contributed by atoms with Crippen LogP contribution in [0, 0.1) is 5.92 Å². The Bertz CT molecular complexity index is 305. The van der Waals surface area contributed by atoms with Crippen molar-refractivity contribution in [1.29, 1.82) is 0 Å². The Morgan fingerprint density at radius 3 is 2.86 bits per heavy atom. The highest BCUT2D eigenvalue weighted by Crippen LogP contribution is 2.03. The van der Waals surface area contributed by atoms with Crippen LogP contribution < -0.4 is 11.1 Å². The molecule has 0 spiro atoms. The van der Waals surface area contributed by atoms with Gasteiger partial charge in [0, 0.05) is 6.54 Å². The van der Waals surface area contributed by atoms with E-state index in [4.69, 9.17) is 5.73 Å². The van der Waals surface area contributed by atoms with Crippen LogP contribution in [0.15, 0.2) is 0 Å². The van der Waals surface area contributed by atoms with Crippen LogP contribution in [0.5, 0.6) is 0 Å². The van der Waals surface area contributed by atoms with Gasteiger partial charge in [-0.15, -0.1) is 5.10 Å². The van der Waals surface area contributed by atoms with Crippen LogP contribution in [0.2, 0.25) is 0 Å². The lowest BCUT2D eigenvalue weighted by Gasteiger charge is -2.09. The van der Waals surface area contributed by atoms with Gasteiger partial charge in [-0.25, -0.2) is 0 Å². The van der Waals surface area contributed by atoms with Gasteiger partial charge in [-0.3, -0.25) is 10.1 Å². The maximum absolute atomic E-state index is 11.5. The molecule has 0 aliphatic heterocycles. The van der Waals surface area contributed by atoms with Gasteiger partial charge in [-0.1, -0.05) is 12.0 Å². The number of aryl methyl sites for hydroxylation is 1. The first kappa shape index (κ1) is 10.6. The van der Waals surface area contributed by atoms with Crippen LogP contribution in [0.3, 0.4) is 0 Å². The van der Waals surface area contributed by atoms with Crippen molar-refractivity contribution in [3.63, 3.8) is 0 Å². The van der Waals surface area contributed by atoms with Gasteiger partial charge in [0.25, 0.3) is 5.95 Å². The molecule has 0 saturated heterocycles. The number of carbonyl (C=O) groups excluding carboxylic acids is 1. The average Bonchev–Trinajstić information content (AvgIpc) is 2.53. The van der Waals surface area contributed by atoms with E-state index in [0.29, 0.717) is 13.0 Å². The Morgan fingerprint density at radius 1 is 1.71 bits per heavy atom. The quantitative estimate of drug-likeness (QED) is 0.655. The lowest BCUT2D eigenvalue weighted by Crippen LogP contribution is -2.29. The Labute approximate surface area is 81.7 Å². The third-order valence-electron chi connectivity index (χ3n) is 1.89. The van der Waals surface area contributed by atoms with Crippen LogP contribution in [0.25, 0.3) is 0 Å². The average molecular weight is 198 g/mol. The topological polar surface area (TPSA) is 98.7 Å². The van der Waals surface area contributed by atoms with Crippen molar-refractivity contribution >= 4 is 11.9 Å². The molecule has 0 aliphatic carbocycles. The van der Waals surface area contributed by atoms with Crippen LogP contribution in [0.1, 0.15) is 13.3 Å². The first-order valence-corrected chi connectivity index (χ1v) is 4.42. The highest BCUT2D eigenvalue weighted by atomic mass is 16.2. The molecule has 0 radical (unpaired) electrons. The fraction of sp³-hybridized carbons (Fsp3) is 0.714. The first-order valence-electron chi connectivity index (χ1n) is 4.42.